The molecule has 1 N–H and O–H groups in total. The summed E-state index contributed by atoms with van der Waals surface area (Å²) in [5.74, 6) is -0.806. The number of amides is 1. The number of imidazole rings is 1. The van der Waals surface area contributed by atoms with Gasteiger partial charge in [-0.3, -0.25) is 4.79 Å². The summed E-state index contributed by atoms with van der Waals surface area (Å²) in [5.41, 5.74) is -1.85. The predicted octanol–water partition coefficient (Wildman–Crippen LogP) is 1.09. The van der Waals surface area contributed by atoms with Crippen LogP contribution in [0.1, 0.15) is 16.1 Å². The summed E-state index contributed by atoms with van der Waals surface area (Å²) in [6.07, 6.45) is -3.44. The molecule has 11 heteroatoms. The molecule has 0 aliphatic rings. The van der Waals surface area contributed by atoms with Gasteiger partial charge in [-0.15, -0.1) is 5.10 Å². The van der Waals surface area contributed by atoms with Crippen LogP contribution >= 0.6 is 0 Å². The van der Waals surface area contributed by atoms with E-state index < -0.39 is 23.3 Å². The van der Waals surface area contributed by atoms with Crippen molar-refractivity contribution in [2.45, 2.75) is 6.18 Å². The molecule has 3 aromatic rings. The maximum atomic E-state index is 12.7. The van der Waals surface area contributed by atoms with Crippen molar-refractivity contribution in [2.75, 3.05) is 5.32 Å². The van der Waals surface area contributed by atoms with E-state index in [1.54, 1.807) is 0 Å². The first-order valence-electron chi connectivity index (χ1n) is 6.53. The largest absolute Gasteiger partial charge is 0.416 e. The molecular weight excluding hydrogens is 329 g/mol. The fourth-order valence-corrected chi connectivity index (χ4v) is 2.00. The van der Waals surface area contributed by atoms with Gasteiger partial charge in [-0.1, -0.05) is 11.3 Å². The number of fused-ring (bicyclic) bond motifs is 1. The number of nitrogens with zero attached hydrogens (tertiary/aromatic N) is 5. The van der Waals surface area contributed by atoms with E-state index >= 15 is 0 Å². The number of hydrogen-bond donors (Lipinski definition) is 1. The zero-order valence-corrected chi connectivity index (χ0v) is 12.1. The van der Waals surface area contributed by atoms with Crippen LogP contribution in [0.5, 0.6) is 0 Å². The summed E-state index contributed by atoms with van der Waals surface area (Å²) < 4.78 is 40.0. The van der Waals surface area contributed by atoms with Gasteiger partial charge in [-0.2, -0.15) is 17.9 Å². The molecule has 0 aliphatic carbocycles. The van der Waals surface area contributed by atoms with Crippen molar-refractivity contribution in [2.24, 2.45) is 7.05 Å². The molecule has 8 nitrogen and oxygen atoms in total. The van der Waals surface area contributed by atoms with Gasteiger partial charge in [0.2, 0.25) is 0 Å². The van der Waals surface area contributed by atoms with Crippen LogP contribution in [0.2, 0.25) is 0 Å². The average Bonchev–Trinajstić information content (AvgIpc) is 2.95. The van der Waals surface area contributed by atoms with Crippen LogP contribution in [-0.2, 0) is 13.2 Å². The first-order valence-corrected chi connectivity index (χ1v) is 6.53. The minimum atomic E-state index is -4.53. The van der Waals surface area contributed by atoms with Gasteiger partial charge in [0.15, 0.2) is 11.3 Å². The minimum absolute atomic E-state index is 0.0623. The van der Waals surface area contributed by atoms with Gasteiger partial charge >= 0.3 is 11.9 Å². The zero-order chi connectivity index (χ0) is 17.5. The lowest BCUT2D eigenvalue weighted by Gasteiger charge is -2.09. The second kappa shape index (κ2) is 5.44. The molecule has 2 heterocycles. The molecule has 0 saturated carbocycles. The molecule has 0 spiro atoms. The van der Waals surface area contributed by atoms with E-state index in [2.05, 4.69) is 20.6 Å². The summed E-state index contributed by atoms with van der Waals surface area (Å²) >= 11 is 0. The number of aryl methyl sites for hydroxylation is 1. The van der Waals surface area contributed by atoms with E-state index in [4.69, 9.17) is 0 Å². The Labute approximate surface area is 131 Å². The quantitative estimate of drug-likeness (QED) is 0.755. The molecule has 1 amide bonds. The highest BCUT2D eigenvalue weighted by Crippen LogP contribution is 2.30. The fraction of sp³-hybridized carbons (Fsp3) is 0.154. The smallest absolute Gasteiger partial charge is 0.321 e. The van der Waals surface area contributed by atoms with Crippen LogP contribution in [0.25, 0.3) is 5.65 Å². The zero-order valence-electron chi connectivity index (χ0n) is 12.1. The van der Waals surface area contributed by atoms with Crippen molar-refractivity contribution in [3.63, 3.8) is 0 Å². The van der Waals surface area contributed by atoms with E-state index in [1.165, 1.54) is 19.2 Å². The number of carbonyl (C=O) groups is 1. The molecule has 0 atom stereocenters. The van der Waals surface area contributed by atoms with Gasteiger partial charge in [-0.05, 0) is 18.2 Å². The van der Waals surface area contributed by atoms with Crippen molar-refractivity contribution < 1.29 is 18.0 Å². The van der Waals surface area contributed by atoms with Gasteiger partial charge in [0.25, 0.3) is 5.91 Å². The van der Waals surface area contributed by atoms with Crippen LogP contribution in [0.3, 0.4) is 0 Å². The maximum absolute atomic E-state index is 12.7. The highest BCUT2D eigenvalue weighted by molar-refractivity contribution is 6.06. The Morgan fingerprint density at radius 1 is 1.29 bits per heavy atom. The van der Waals surface area contributed by atoms with Crippen LogP contribution in [-0.4, -0.2) is 30.3 Å². The molecule has 24 heavy (non-hydrogen) atoms. The highest BCUT2D eigenvalue weighted by Gasteiger charge is 2.30. The van der Waals surface area contributed by atoms with Gasteiger partial charge in [0.05, 0.1) is 5.56 Å². The molecule has 0 aliphatic heterocycles. The molecule has 0 radical (unpaired) electrons. The first kappa shape index (κ1) is 15.6. The Morgan fingerprint density at radius 3 is 2.75 bits per heavy atom. The molecule has 0 unspecified atom stereocenters. The number of nitrogens with one attached hydrogen (secondary N) is 1. The summed E-state index contributed by atoms with van der Waals surface area (Å²) in [6.45, 7) is 0. The van der Waals surface area contributed by atoms with Crippen molar-refractivity contribution in [1.29, 1.82) is 0 Å². The van der Waals surface area contributed by atoms with Gasteiger partial charge in [-0.25, -0.2) is 14.2 Å². The summed E-state index contributed by atoms with van der Waals surface area (Å²) in [4.78, 5) is 27.8. The molecule has 124 valence electrons. The topological polar surface area (TPSA) is 94.2 Å². The number of alkyl halides is 3. The summed E-state index contributed by atoms with van der Waals surface area (Å²) in [7, 11) is 1.37. The van der Waals surface area contributed by atoms with E-state index in [9.17, 15) is 22.8 Å². The predicted molar refractivity (Wildman–Crippen MR) is 75.4 cm³/mol. The Bertz CT molecular complexity index is 991. The number of halogens is 3. The second-order valence-corrected chi connectivity index (χ2v) is 4.82. The Balaban J connectivity index is 1.94. The van der Waals surface area contributed by atoms with Crippen molar-refractivity contribution in [1.82, 2.24) is 24.4 Å². The van der Waals surface area contributed by atoms with Crippen molar-refractivity contribution >= 4 is 17.2 Å². The normalized spacial score (nSPS) is 11.7. The van der Waals surface area contributed by atoms with Crippen LogP contribution in [0.15, 0.2) is 35.4 Å². The molecule has 0 fully saturated rings. The minimum Gasteiger partial charge on any atom is -0.321 e. The van der Waals surface area contributed by atoms with E-state index in [1.807, 2.05) is 0 Å². The number of hydrogen-bond acceptors (Lipinski definition) is 5. The Morgan fingerprint density at radius 2 is 2.04 bits per heavy atom. The van der Waals surface area contributed by atoms with E-state index in [0.717, 1.165) is 27.5 Å². The number of rotatable bonds is 2. The van der Waals surface area contributed by atoms with E-state index in [-0.39, 0.29) is 17.0 Å². The lowest BCUT2D eigenvalue weighted by molar-refractivity contribution is -0.137. The number of benzene rings is 1. The highest BCUT2D eigenvalue weighted by atomic mass is 19.4. The van der Waals surface area contributed by atoms with Crippen molar-refractivity contribution in [3.8, 4) is 0 Å². The van der Waals surface area contributed by atoms with Gasteiger partial charge in [0, 0.05) is 12.7 Å². The van der Waals surface area contributed by atoms with Crippen LogP contribution in [0.4, 0.5) is 18.9 Å². The second-order valence-electron chi connectivity index (χ2n) is 4.82. The molecule has 3 rings (SSSR count). The maximum Gasteiger partial charge on any atom is 0.416 e. The Hall–Kier alpha value is -3.24. The third-order valence-electron chi connectivity index (χ3n) is 3.16. The monoisotopic (exact) mass is 338 g/mol. The summed E-state index contributed by atoms with van der Waals surface area (Å²) in [6, 6.07) is 4.15. The third-order valence-corrected chi connectivity index (χ3v) is 3.16. The molecule has 0 saturated heterocycles. The Kier molecular flexibility index (Phi) is 3.55. The number of carbonyl (C=O) groups excluding carboxylic acids is 1. The third kappa shape index (κ3) is 2.71. The fourth-order valence-electron chi connectivity index (χ4n) is 2.00. The van der Waals surface area contributed by atoms with Crippen LogP contribution in [0, 0.1) is 0 Å². The molecule has 2 aromatic heterocycles. The van der Waals surface area contributed by atoms with Crippen molar-refractivity contribution in [3.05, 3.63) is 52.3 Å². The number of anilines is 1. The molecular formula is C13H9F3N6O2. The lowest BCUT2D eigenvalue weighted by Crippen LogP contribution is -2.27. The van der Waals surface area contributed by atoms with E-state index in [0.29, 0.717) is 0 Å². The summed E-state index contributed by atoms with van der Waals surface area (Å²) in [5, 5.41) is 9.53. The van der Waals surface area contributed by atoms with Crippen LogP contribution < -0.4 is 11.0 Å². The first-order chi connectivity index (χ1) is 11.3. The van der Waals surface area contributed by atoms with Gasteiger partial charge < -0.3 is 5.32 Å². The molecule has 0 bridgehead atoms. The lowest BCUT2D eigenvalue weighted by atomic mass is 10.2. The molecule has 1 aromatic carbocycles. The number of aromatic nitrogens is 5. The SMILES string of the molecule is Cn1nnc2c(C(=O)Nc3cccc(C(F)(F)F)c3)ncn2c1=O. The van der Waals surface area contributed by atoms with Gasteiger partial charge in [0.1, 0.15) is 6.33 Å². The standard InChI is InChI=1S/C13H9F3N6O2/c1-21-12(24)22-6-17-9(10(22)19-20-21)11(23)18-8-4-2-3-7(5-8)13(14,15)16/h2-6H,1H3,(H,18,23). The average molecular weight is 338 g/mol.